The fourth-order valence-corrected chi connectivity index (χ4v) is 4.38. The summed E-state index contributed by atoms with van der Waals surface area (Å²) in [5.41, 5.74) is 4.47. The van der Waals surface area contributed by atoms with Crippen LogP contribution in [0.1, 0.15) is 43.0 Å². The van der Waals surface area contributed by atoms with Gasteiger partial charge in [-0.3, -0.25) is 0 Å². The molecule has 0 aromatic heterocycles. The van der Waals surface area contributed by atoms with Gasteiger partial charge in [-0.05, 0) is 67.3 Å². The van der Waals surface area contributed by atoms with Crippen LogP contribution < -0.4 is 15.4 Å². The van der Waals surface area contributed by atoms with E-state index in [1.807, 2.05) is 24.3 Å². The number of benzene rings is 3. The monoisotopic (exact) mass is 404 g/mol. The Hall–Kier alpha value is -2.69. The fraction of sp³-hybridized carbons (Fsp3) is 0.308. The maximum atomic E-state index is 13.3. The minimum atomic E-state index is -0.223. The lowest BCUT2D eigenvalue weighted by Crippen LogP contribution is -2.46. The third-order valence-electron chi connectivity index (χ3n) is 5.96. The molecule has 0 amide bonds. The number of hydrogen-bond acceptors (Lipinski definition) is 3. The van der Waals surface area contributed by atoms with Gasteiger partial charge < -0.3 is 15.4 Å². The van der Waals surface area contributed by atoms with Crippen molar-refractivity contribution in [2.45, 2.75) is 37.9 Å². The van der Waals surface area contributed by atoms with E-state index in [1.165, 1.54) is 17.7 Å². The maximum absolute atomic E-state index is 13.3. The average molecular weight is 405 g/mol. The minimum Gasteiger partial charge on any atom is -0.496 e. The zero-order chi connectivity index (χ0) is 20.9. The molecule has 2 N–H and O–H groups in total. The van der Waals surface area contributed by atoms with Crippen molar-refractivity contribution in [1.82, 2.24) is 10.6 Å². The van der Waals surface area contributed by atoms with Gasteiger partial charge in [-0.15, -0.1) is 0 Å². The largest absolute Gasteiger partial charge is 0.496 e. The second-order valence-electron chi connectivity index (χ2n) is 7.94. The van der Waals surface area contributed by atoms with E-state index in [0.29, 0.717) is 6.04 Å². The van der Waals surface area contributed by atoms with Crippen LogP contribution in [0.5, 0.6) is 5.75 Å². The van der Waals surface area contributed by atoms with E-state index < -0.39 is 0 Å². The van der Waals surface area contributed by atoms with Crippen LogP contribution in [0.3, 0.4) is 0 Å². The van der Waals surface area contributed by atoms with E-state index >= 15 is 0 Å². The number of methoxy groups -OCH3 is 1. The molecule has 0 aliphatic carbocycles. The molecule has 0 radical (unpaired) electrons. The first-order valence-corrected chi connectivity index (χ1v) is 10.6. The highest BCUT2D eigenvalue weighted by Gasteiger charge is 2.28. The predicted molar refractivity (Wildman–Crippen MR) is 120 cm³/mol. The second-order valence-corrected chi connectivity index (χ2v) is 7.94. The predicted octanol–water partition coefficient (Wildman–Crippen LogP) is 5.65. The Kier molecular flexibility index (Phi) is 6.46. The quantitative estimate of drug-likeness (QED) is 0.557. The van der Waals surface area contributed by atoms with Crippen molar-refractivity contribution in [3.63, 3.8) is 0 Å². The standard InChI is InChI=1S/C26H29FN2O/c1-18(29-24-9-6-16-28-26(24)20-7-4-3-5-8-20)23-17-21(12-15-25(23)30-2)19-10-13-22(27)14-11-19/h3-5,7-8,10-15,17-18,24,26,28-29H,6,9,16H2,1-2H3/t18-,24-,26+/m0/s1. The van der Waals surface area contributed by atoms with Crippen LogP contribution >= 0.6 is 0 Å². The summed E-state index contributed by atoms with van der Waals surface area (Å²) in [4.78, 5) is 0. The van der Waals surface area contributed by atoms with E-state index in [2.05, 4.69) is 54.0 Å². The molecule has 3 nitrogen and oxygen atoms in total. The summed E-state index contributed by atoms with van der Waals surface area (Å²) in [5, 5.41) is 7.53. The van der Waals surface area contributed by atoms with Gasteiger partial charge >= 0.3 is 0 Å². The van der Waals surface area contributed by atoms with Crippen LogP contribution in [0.15, 0.2) is 72.8 Å². The molecule has 156 valence electrons. The summed E-state index contributed by atoms with van der Waals surface area (Å²) < 4.78 is 19.0. The lowest BCUT2D eigenvalue weighted by Gasteiger charge is -2.36. The van der Waals surface area contributed by atoms with Gasteiger partial charge in [-0.1, -0.05) is 48.5 Å². The minimum absolute atomic E-state index is 0.108. The van der Waals surface area contributed by atoms with Gasteiger partial charge in [0.25, 0.3) is 0 Å². The third-order valence-corrected chi connectivity index (χ3v) is 5.96. The average Bonchev–Trinajstić information content (AvgIpc) is 2.80. The van der Waals surface area contributed by atoms with E-state index in [-0.39, 0.29) is 17.9 Å². The van der Waals surface area contributed by atoms with E-state index in [0.717, 1.165) is 41.8 Å². The molecular formula is C26H29FN2O. The van der Waals surface area contributed by atoms with Gasteiger partial charge in [0, 0.05) is 23.7 Å². The molecular weight excluding hydrogens is 375 g/mol. The van der Waals surface area contributed by atoms with Gasteiger partial charge in [-0.25, -0.2) is 4.39 Å². The first-order valence-electron chi connectivity index (χ1n) is 10.6. The Balaban J connectivity index is 1.59. The molecule has 0 bridgehead atoms. The first kappa shape index (κ1) is 20.6. The van der Waals surface area contributed by atoms with Crippen LogP contribution in [0, 0.1) is 5.82 Å². The number of hydrogen-bond donors (Lipinski definition) is 2. The van der Waals surface area contributed by atoms with Gasteiger partial charge in [0.05, 0.1) is 7.11 Å². The lowest BCUT2D eigenvalue weighted by molar-refractivity contribution is 0.284. The normalized spacial score (nSPS) is 20.0. The van der Waals surface area contributed by atoms with Crippen molar-refractivity contribution < 1.29 is 9.13 Å². The summed E-state index contributed by atoms with van der Waals surface area (Å²) in [6.45, 7) is 3.22. The molecule has 0 spiro atoms. The van der Waals surface area contributed by atoms with E-state index in [9.17, 15) is 4.39 Å². The Labute approximate surface area is 178 Å². The number of piperidine rings is 1. The zero-order valence-electron chi connectivity index (χ0n) is 17.6. The second kappa shape index (κ2) is 9.41. The molecule has 4 heteroatoms. The summed E-state index contributed by atoms with van der Waals surface area (Å²) in [5.74, 6) is 0.639. The van der Waals surface area contributed by atoms with Crippen LogP contribution in [-0.4, -0.2) is 19.7 Å². The number of halogens is 1. The highest BCUT2D eigenvalue weighted by molar-refractivity contribution is 5.66. The highest BCUT2D eigenvalue weighted by Crippen LogP contribution is 2.33. The third kappa shape index (κ3) is 4.55. The molecule has 1 saturated heterocycles. The van der Waals surface area contributed by atoms with Gasteiger partial charge in [0.2, 0.25) is 0 Å². The van der Waals surface area contributed by atoms with E-state index in [4.69, 9.17) is 4.74 Å². The summed E-state index contributed by atoms with van der Waals surface area (Å²) in [7, 11) is 1.71. The molecule has 3 aromatic rings. The molecule has 3 aromatic carbocycles. The van der Waals surface area contributed by atoms with Crippen molar-refractivity contribution >= 4 is 0 Å². The van der Waals surface area contributed by atoms with Gasteiger partial charge in [0.15, 0.2) is 0 Å². The summed E-state index contributed by atoms with van der Waals surface area (Å²) in [6, 6.07) is 24.2. The highest BCUT2D eigenvalue weighted by atomic mass is 19.1. The van der Waals surface area contributed by atoms with Crippen LogP contribution in [0.25, 0.3) is 11.1 Å². The SMILES string of the molecule is COc1ccc(-c2ccc(F)cc2)cc1[C@H](C)N[C@H]1CCCN[C@@H]1c1ccccc1. The fourth-order valence-electron chi connectivity index (χ4n) is 4.38. The number of rotatable bonds is 6. The van der Waals surface area contributed by atoms with Crippen molar-refractivity contribution in [3.8, 4) is 16.9 Å². The molecule has 0 unspecified atom stereocenters. The first-order chi connectivity index (χ1) is 14.7. The summed E-state index contributed by atoms with van der Waals surface area (Å²) >= 11 is 0. The maximum Gasteiger partial charge on any atom is 0.123 e. The molecule has 30 heavy (non-hydrogen) atoms. The van der Waals surface area contributed by atoms with E-state index in [1.54, 1.807) is 7.11 Å². The van der Waals surface area contributed by atoms with Crippen molar-refractivity contribution in [2.75, 3.05) is 13.7 Å². The molecule has 4 rings (SSSR count). The molecule has 1 aliphatic heterocycles. The Bertz CT molecular complexity index is 959. The molecule has 1 aliphatic rings. The van der Waals surface area contributed by atoms with Gasteiger partial charge in [-0.2, -0.15) is 0 Å². The number of ether oxygens (including phenoxy) is 1. The van der Waals surface area contributed by atoms with Crippen molar-refractivity contribution in [1.29, 1.82) is 0 Å². The summed E-state index contributed by atoms with van der Waals surface area (Å²) in [6.07, 6.45) is 2.28. The van der Waals surface area contributed by atoms with Gasteiger partial charge in [0.1, 0.15) is 11.6 Å². The molecule has 1 heterocycles. The topological polar surface area (TPSA) is 33.3 Å². The molecule has 3 atom stereocenters. The van der Waals surface area contributed by atoms with Crippen molar-refractivity contribution in [3.05, 3.63) is 89.7 Å². The van der Waals surface area contributed by atoms with Crippen molar-refractivity contribution in [2.24, 2.45) is 0 Å². The molecule has 1 fully saturated rings. The number of nitrogens with one attached hydrogen (secondary N) is 2. The van der Waals surface area contributed by atoms with Crippen LogP contribution in [-0.2, 0) is 0 Å². The molecule has 0 saturated carbocycles. The Morgan fingerprint density at radius 3 is 2.47 bits per heavy atom. The lowest BCUT2D eigenvalue weighted by atomic mass is 9.90. The van der Waals surface area contributed by atoms with Crippen LogP contribution in [0.2, 0.25) is 0 Å². The smallest absolute Gasteiger partial charge is 0.123 e. The van der Waals surface area contributed by atoms with Crippen LogP contribution in [0.4, 0.5) is 4.39 Å². The Morgan fingerprint density at radius 2 is 1.73 bits per heavy atom. The Morgan fingerprint density at radius 1 is 1.00 bits per heavy atom. The zero-order valence-corrected chi connectivity index (χ0v) is 17.6.